The zero-order chi connectivity index (χ0) is 15.2. The molecule has 0 radical (unpaired) electrons. The second kappa shape index (κ2) is 4.88. The fraction of sp³-hybridized carbons (Fsp3) is 0.462. The van der Waals surface area contributed by atoms with Crippen LogP contribution >= 0.6 is 0 Å². The van der Waals surface area contributed by atoms with E-state index in [4.69, 9.17) is 5.73 Å². The molecule has 1 saturated heterocycles. The predicted octanol–water partition coefficient (Wildman–Crippen LogP) is -0.359. The standard InChI is InChI=1S/C13H16N4O3S/c1-17-11-8(10(14)15-7-16-11)6-9(12(17)18)13(19)2-4-21(20)5-3-13/h6-7,19H,2-5H2,1H3,(H2,14,15,16). The SMILES string of the molecule is Cn1c(=O)c(C2(O)CCS(=O)CC2)cc2c(N)ncnc21. The molecule has 2 aromatic heterocycles. The fourth-order valence-corrected chi connectivity index (χ4v) is 4.02. The van der Waals surface area contributed by atoms with E-state index in [1.807, 2.05) is 0 Å². The second-order valence-corrected chi connectivity index (χ2v) is 6.99. The van der Waals surface area contributed by atoms with E-state index in [0.717, 1.165) is 0 Å². The van der Waals surface area contributed by atoms with E-state index in [0.29, 0.717) is 35.4 Å². The number of aryl methyl sites for hydroxylation is 1. The molecular formula is C13H16N4O3S. The third kappa shape index (κ3) is 2.24. The zero-order valence-corrected chi connectivity index (χ0v) is 12.4. The molecule has 8 heteroatoms. The minimum Gasteiger partial charge on any atom is -0.385 e. The number of aliphatic hydroxyl groups is 1. The summed E-state index contributed by atoms with van der Waals surface area (Å²) in [5.74, 6) is 1.04. The van der Waals surface area contributed by atoms with Gasteiger partial charge in [0.05, 0.1) is 11.0 Å². The summed E-state index contributed by atoms with van der Waals surface area (Å²) in [5.41, 5.74) is 4.97. The minimum atomic E-state index is -1.26. The molecule has 0 unspecified atom stereocenters. The summed E-state index contributed by atoms with van der Waals surface area (Å²) in [5, 5.41) is 11.3. The van der Waals surface area contributed by atoms with Gasteiger partial charge < -0.3 is 10.8 Å². The van der Waals surface area contributed by atoms with Crippen molar-refractivity contribution in [1.29, 1.82) is 0 Å². The fourth-order valence-electron chi connectivity index (χ4n) is 2.68. The molecule has 3 heterocycles. The van der Waals surface area contributed by atoms with Crippen molar-refractivity contribution in [2.45, 2.75) is 18.4 Å². The average molecular weight is 308 g/mol. The van der Waals surface area contributed by atoms with E-state index >= 15 is 0 Å². The Morgan fingerprint density at radius 2 is 2.05 bits per heavy atom. The molecule has 0 spiro atoms. The molecule has 1 fully saturated rings. The van der Waals surface area contributed by atoms with Crippen molar-refractivity contribution in [2.75, 3.05) is 17.2 Å². The van der Waals surface area contributed by atoms with E-state index < -0.39 is 16.4 Å². The van der Waals surface area contributed by atoms with Crippen molar-refractivity contribution in [2.24, 2.45) is 7.05 Å². The maximum atomic E-state index is 12.5. The maximum absolute atomic E-state index is 12.5. The molecule has 0 aliphatic carbocycles. The first-order chi connectivity index (χ1) is 9.92. The molecule has 0 bridgehead atoms. The van der Waals surface area contributed by atoms with E-state index in [2.05, 4.69) is 9.97 Å². The average Bonchev–Trinajstić information content (AvgIpc) is 2.47. The lowest BCUT2D eigenvalue weighted by Gasteiger charge is -2.31. The summed E-state index contributed by atoms with van der Waals surface area (Å²) in [7, 11) is 0.666. The number of rotatable bonds is 1. The number of nitrogens with two attached hydrogens (primary N) is 1. The molecule has 3 N–H and O–H groups in total. The summed E-state index contributed by atoms with van der Waals surface area (Å²) in [6, 6.07) is 1.57. The molecule has 2 aromatic rings. The highest BCUT2D eigenvalue weighted by Gasteiger charge is 2.36. The summed E-state index contributed by atoms with van der Waals surface area (Å²) in [4.78, 5) is 20.5. The van der Waals surface area contributed by atoms with E-state index in [1.54, 1.807) is 13.1 Å². The first kappa shape index (κ1) is 14.2. The van der Waals surface area contributed by atoms with Gasteiger partial charge >= 0.3 is 0 Å². The van der Waals surface area contributed by atoms with Gasteiger partial charge in [-0.1, -0.05) is 0 Å². The summed E-state index contributed by atoms with van der Waals surface area (Å²) < 4.78 is 12.8. The van der Waals surface area contributed by atoms with Crippen molar-refractivity contribution >= 4 is 27.7 Å². The lowest BCUT2D eigenvalue weighted by atomic mass is 9.88. The molecule has 0 aromatic carbocycles. The van der Waals surface area contributed by atoms with Crippen LogP contribution in [0.2, 0.25) is 0 Å². The molecule has 0 atom stereocenters. The molecule has 21 heavy (non-hydrogen) atoms. The molecule has 7 nitrogen and oxygen atoms in total. The third-order valence-corrected chi connectivity index (χ3v) is 5.34. The number of hydrogen-bond acceptors (Lipinski definition) is 6. The molecule has 1 aliphatic rings. The van der Waals surface area contributed by atoms with Gasteiger partial charge in [0.2, 0.25) is 0 Å². The largest absolute Gasteiger partial charge is 0.385 e. The highest BCUT2D eigenvalue weighted by atomic mass is 32.2. The first-order valence-electron chi connectivity index (χ1n) is 6.60. The van der Waals surface area contributed by atoms with Crippen molar-refractivity contribution in [3.8, 4) is 0 Å². The molecular weight excluding hydrogens is 292 g/mol. The van der Waals surface area contributed by atoms with Crippen molar-refractivity contribution < 1.29 is 9.32 Å². The zero-order valence-electron chi connectivity index (χ0n) is 11.6. The van der Waals surface area contributed by atoms with Crippen LogP contribution in [-0.4, -0.2) is 35.4 Å². The van der Waals surface area contributed by atoms with Gasteiger partial charge in [-0.15, -0.1) is 0 Å². The molecule has 0 amide bonds. The maximum Gasteiger partial charge on any atom is 0.258 e. The van der Waals surface area contributed by atoms with Gasteiger partial charge in [-0.2, -0.15) is 0 Å². The number of nitrogens with zero attached hydrogens (tertiary/aromatic N) is 3. The highest BCUT2D eigenvalue weighted by molar-refractivity contribution is 7.85. The predicted molar refractivity (Wildman–Crippen MR) is 80.2 cm³/mol. The Morgan fingerprint density at radius 3 is 2.71 bits per heavy atom. The van der Waals surface area contributed by atoms with Gasteiger partial charge in [0.25, 0.3) is 5.56 Å². The summed E-state index contributed by atoms with van der Waals surface area (Å²) >= 11 is 0. The second-order valence-electron chi connectivity index (χ2n) is 5.30. The van der Waals surface area contributed by atoms with Crippen LogP contribution in [0.5, 0.6) is 0 Å². The monoisotopic (exact) mass is 308 g/mol. The Bertz CT molecular complexity index is 792. The van der Waals surface area contributed by atoms with Gasteiger partial charge in [-0.05, 0) is 18.9 Å². The van der Waals surface area contributed by atoms with Crippen molar-refractivity contribution in [1.82, 2.24) is 14.5 Å². The lowest BCUT2D eigenvalue weighted by Crippen LogP contribution is -2.40. The number of fused-ring (bicyclic) bond motifs is 1. The van der Waals surface area contributed by atoms with Gasteiger partial charge in [-0.25, -0.2) is 9.97 Å². The van der Waals surface area contributed by atoms with Crippen LogP contribution in [0.4, 0.5) is 5.82 Å². The van der Waals surface area contributed by atoms with Gasteiger partial charge in [0.1, 0.15) is 17.8 Å². The molecule has 1 aliphatic heterocycles. The van der Waals surface area contributed by atoms with Crippen molar-refractivity contribution in [3.63, 3.8) is 0 Å². The van der Waals surface area contributed by atoms with E-state index in [-0.39, 0.29) is 16.9 Å². The van der Waals surface area contributed by atoms with E-state index in [9.17, 15) is 14.1 Å². The van der Waals surface area contributed by atoms with Crippen molar-refractivity contribution in [3.05, 3.63) is 28.3 Å². The third-order valence-electron chi connectivity index (χ3n) is 4.02. The van der Waals surface area contributed by atoms with Crippen LogP contribution in [-0.2, 0) is 23.4 Å². The first-order valence-corrected chi connectivity index (χ1v) is 8.09. The number of hydrogen-bond donors (Lipinski definition) is 2. The quantitative estimate of drug-likeness (QED) is 0.744. The number of pyridine rings is 1. The Morgan fingerprint density at radius 1 is 1.38 bits per heavy atom. The molecule has 112 valence electrons. The summed E-state index contributed by atoms with van der Waals surface area (Å²) in [6.07, 6.45) is 1.90. The van der Waals surface area contributed by atoms with Gasteiger partial charge in [-0.3, -0.25) is 13.6 Å². The minimum absolute atomic E-state index is 0.264. The number of aromatic nitrogens is 3. The van der Waals surface area contributed by atoms with Crippen LogP contribution in [0.3, 0.4) is 0 Å². The Kier molecular flexibility index (Phi) is 3.29. The van der Waals surface area contributed by atoms with Crippen LogP contribution in [0.25, 0.3) is 11.0 Å². The normalized spacial score (nSPS) is 26.1. The molecule has 0 saturated carbocycles. The van der Waals surface area contributed by atoms with Crippen LogP contribution in [0.1, 0.15) is 18.4 Å². The highest BCUT2D eigenvalue weighted by Crippen LogP contribution is 2.32. The van der Waals surface area contributed by atoms with Crippen LogP contribution < -0.4 is 11.3 Å². The Balaban J connectivity index is 2.24. The van der Waals surface area contributed by atoms with E-state index in [1.165, 1.54) is 10.9 Å². The Labute approximate surface area is 123 Å². The molecule has 3 rings (SSSR count). The smallest absolute Gasteiger partial charge is 0.258 e. The topological polar surface area (TPSA) is 111 Å². The lowest BCUT2D eigenvalue weighted by molar-refractivity contribution is 0.0256. The Hall–Kier alpha value is -1.80. The van der Waals surface area contributed by atoms with Gasteiger partial charge in [0, 0.05) is 34.9 Å². The number of nitrogen functional groups attached to an aromatic ring is 1. The van der Waals surface area contributed by atoms with Crippen LogP contribution in [0.15, 0.2) is 17.2 Å². The van der Waals surface area contributed by atoms with Crippen LogP contribution in [0, 0.1) is 0 Å². The van der Waals surface area contributed by atoms with Gasteiger partial charge in [0.15, 0.2) is 0 Å². The summed E-state index contributed by atoms with van der Waals surface area (Å²) in [6.45, 7) is 0. The number of anilines is 1.